The normalized spacial score (nSPS) is 21.0. The van der Waals surface area contributed by atoms with E-state index < -0.39 is 5.41 Å². The highest BCUT2D eigenvalue weighted by atomic mass is 16.5. The number of likely N-dealkylation sites (tertiary alicyclic amines) is 1. The van der Waals surface area contributed by atoms with Crippen LogP contribution in [0, 0.1) is 5.41 Å². The first-order valence-corrected chi connectivity index (χ1v) is 10.7. The Morgan fingerprint density at radius 2 is 1.65 bits per heavy atom. The second-order valence-corrected chi connectivity index (χ2v) is 8.52. The van der Waals surface area contributed by atoms with Crippen LogP contribution in [0.3, 0.4) is 0 Å². The van der Waals surface area contributed by atoms with Crippen molar-refractivity contribution < 1.29 is 14.3 Å². The zero-order valence-corrected chi connectivity index (χ0v) is 18.2. The smallest absolute Gasteiger partial charge is 0.161 e. The summed E-state index contributed by atoms with van der Waals surface area (Å²) in [6.45, 7) is 4.94. The van der Waals surface area contributed by atoms with Gasteiger partial charge in [-0.2, -0.15) is 0 Å². The van der Waals surface area contributed by atoms with E-state index in [-0.39, 0.29) is 5.92 Å². The molecule has 0 spiro atoms. The van der Waals surface area contributed by atoms with Gasteiger partial charge in [-0.1, -0.05) is 73.7 Å². The Hall–Kier alpha value is -3.11. The summed E-state index contributed by atoms with van der Waals surface area (Å²) in [5, 5.41) is 0. The van der Waals surface area contributed by atoms with Crippen molar-refractivity contribution in [1.29, 1.82) is 0 Å². The fraction of sp³-hybridized carbons (Fsp3) is 0.296. The zero-order valence-electron chi connectivity index (χ0n) is 18.2. The van der Waals surface area contributed by atoms with E-state index in [1.165, 1.54) is 5.56 Å². The van der Waals surface area contributed by atoms with Crippen molar-refractivity contribution in [1.82, 2.24) is 4.90 Å². The molecule has 1 saturated heterocycles. The predicted octanol–water partition coefficient (Wildman–Crippen LogP) is 5.08. The van der Waals surface area contributed by atoms with E-state index in [1.54, 1.807) is 7.11 Å². The Kier molecular flexibility index (Phi) is 6.38. The largest absolute Gasteiger partial charge is 0.493 e. The van der Waals surface area contributed by atoms with Gasteiger partial charge in [0.15, 0.2) is 11.5 Å². The number of hydrogen-bond donors (Lipinski definition) is 0. The van der Waals surface area contributed by atoms with E-state index in [0.717, 1.165) is 37.0 Å². The first kappa shape index (κ1) is 21.1. The van der Waals surface area contributed by atoms with E-state index in [1.807, 2.05) is 48.5 Å². The molecule has 1 aliphatic rings. The minimum Gasteiger partial charge on any atom is -0.493 e. The monoisotopic (exact) mass is 415 g/mol. The summed E-state index contributed by atoms with van der Waals surface area (Å²) in [5.41, 5.74) is 3.02. The molecule has 4 heteroatoms. The quantitative estimate of drug-likeness (QED) is 0.481. The van der Waals surface area contributed by atoms with Crippen LogP contribution in [-0.4, -0.2) is 31.4 Å². The minimum atomic E-state index is -0.444. The summed E-state index contributed by atoms with van der Waals surface area (Å²) >= 11 is 0. The van der Waals surface area contributed by atoms with Crippen molar-refractivity contribution in [3.05, 3.63) is 95.6 Å². The Bertz CT molecular complexity index is 1010. The van der Waals surface area contributed by atoms with Crippen molar-refractivity contribution in [3.63, 3.8) is 0 Å². The molecular formula is C27H29NO3. The van der Waals surface area contributed by atoms with Crippen LogP contribution in [0.15, 0.2) is 78.9 Å². The van der Waals surface area contributed by atoms with E-state index in [9.17, 15) is 4.79 Å². The third kappa shape index (κ3) is 4.80. The maximum Gasteiger partial charge on any atom is 0.161 e. The highest BCUT2D eigenvalue weighted by Gasteiger charge is 2.43. The molecule has 3 aromatic rings. The van der Waals surface area contributed by atoms with Crippen LogP contribution in [0.5, 0.6) is 11.5 Å². The molecule has 4 rings (SSSR count). The van der Waals surface area contributed by atoms with Crippen molar-refractivity contribution in [2.45, 2.75) is 26.0 Å². The van der Waals surface area contributed by atoms with E-state index in [0.29, 0.717) is 18.1 Å². The van der Waals surface area contributed by atoms with Gasteiger partial charge in [0.05, 0.1) is 7.11 Å². The highest BCUT2D eigenvalue weighted by Crippen LogP contribution is 2.44. The summed E-state index contributed by atoms with van der Waals surface area (Å²) in [6.07, 6.45) is 1.12. The molecule has 0 radical (unpaired) electrons. The topological polar surface area (TPSA) is 38.8 Å². The Labute approximate surface area is 184 Å². The van der Waals surface area contributed by atoms with Crippen LogP contribution >= 0.6 is 0 Å². The van der Waals surface area contributed by atoms with Gasteiger partial charge in [0, 0.05) is 31.0 Å². The molecule has 2 atom stereocenters. The summed E-state index contributed by atoms with van der Waals surface area (Å²) in [5.74, 6) is 1.50. The number of ether oxygens (including phenoxy) is 2. The molecule has 1 heterocycles. The average molecular weight is 416 g/mol. The van der Waals surface area contributed by atoms with Crippen LogP contribution < -0.4 is 9.47 Å². The molecule has 0 saturated carbocycles. The number of hydrogen-bond acceptors (Lipinski definition) is 4. The van der Waals surface area contributed by atoms with Gasteiger partial charge in [0.25, 0.3) is 0 Å². The molecule has 31 heavy (non-hydrogen) atoms. The number of benzene rings is 3. The van der Waals surface area contributed by atoms with E-state index >= 15 is 0 Å². The number of rotatable bonds is 8. The van der Waals surface area contributed by atoms with Gasteiger partial charge >= 0.3 is 0 Å². The molecule has 4 nitrogen and oxygen atoms in total. The van der Waals surface area contributed by atoms with E-state index in [2.05, 4.69) is 42.2 Å². The highest BCUT2D eigenvalue weighted by molar-refractivity contribution is 5.63. The Balaban J connectivity index is 1.55. The summed E-state index contributed by atoms with van der Waals surface area (Å²) in [4.78, 5) is 14.5. The van der Waals surface area contributed by atoms with Crippen LogP contribution in [0.2, 0.25) is 0 Å². The summed E-state index contributed by atoms with van der Waals surface area (Å²) in [7, 11) is 1.65. The van der Waals surface area contributed by atoms with Crippen LogP contribution in [0.4, 0.5) is 0 Å². The lowest BCUT2D eigenvalue weighted by Gasteiger charge is -2.25. The number of aldehydes is 1. The first-order chi connectivity index (χ1) is 15.1. The lowest BCUT2D eigenvalue weighted by Crippen LogP contribution is -2.28. The Morgan fingerprint density at radius 3 is 2.29 bits per heavy atom. The standard InChI is InChI=1S/C27H29NO3/c1-27(20-29)19-28(16-21-9-5-3-6-10-21)17-24(27)23-13-14-25(30-2)26(15-23)31-18-22-11-7-4-8-12-22/h3-15,20,24H,16-19H2,1-2H3/t24-,27?/m0/s1. The van der Waals surface area contributed by atoms with E-state index in [4.69, 9.17) is 9.47 Å². The molecule has 0 amide bonds. The molecule has 3 aromatic carbocycles. The maximum absolute atomic E-state index is 12.1. The van der Waals surface area contributed by atoms with Crippen LogP contribution in [0.25, 0.3) is 0 Å². The van der Waals surface area contributed by atoms with Crippen molar-refractivity contribution in [2.24, 2.45) is 5.41 Å². The molecule has 0 aromatic heterocycles. The lowest BCUT2D eigenvalue weighted by molar-refractivity contribution is -0.115. The molecule has 0 N–H and O–H groups in total. The molecule has 0 bridgehead atoms. The van der Waals surface area contributed by atoms with Gasteiger partial charge in [-0.15, -0.1) is 0 Å². The van der Waals surface area contributed by atoms with Gasteiger partial charge in [-0.25, -0.2) is 0 Å². The fourth-order valence-corrected chi connectivity index (χ4v) is 4.45. The molecule has 160 valence electrons. The molecule has 1 fully saturated rings. The van der Waals surface area contributed by atoms with Crippen LogP contribution in [0.1, 0.15) is 29.5 Å². The third-order valence-corrected chi connectivity index (χ3v) is 6.15. The predicted molar refractivity (Wildman–Crippen MR) is 122 cm³/mol. The number of carbonyl (C=O) groups excluding carboxylic acids is 1. The summed E-state index contributed by atoms with van der Waals surface area (Å²) in [6, 6.07) is 26.5. The van der Waals surface area contributed by atoms with Crippen molar-refractivity contribution in [3.8, 4) is 11.5 Å². The zero-order chi connectivity index (χ0) is 21.7. The Morgan fingerprint density at radius 1 is 0.968 bits per heavy atom. The fourth-order valence-electron chi connectivity index (χ4n) is 4.45. The van der Waals surface area contributed by atoms with Gasteiger partial charge in [-0.05, 0) is 28.8 Å². The number of methoxy groups -OCH3 is 1. The SMILES string of the molecule is COc1ccc([C@@H]2CN(Cc3ccccc3)CC2(C)C=O)cc1OCc1ccccc1. The maximum atomic E-state index is 12.1. The number of carbonyl (C=O) groups is 1. The van der Waals surface area contributed by atoms with Gasteiger partial charge in [0.2, 0.25) is 0 Å². The van der Waals surface area contributed by atoms with Gasteiger partial charge in [-0.3, -0.25) is 4.90 Å². The molecular weight excluding hydrogens is 386 g/mol. The molecule has 1 aliphatic heterocycles. The minimum absolute atomic E-state index is 0.0960. The van der Waals surface area contributed by atoms with Crippen molar-refractivity contribution >= 4 is 6.29 Å². The van der Waals surface area contributed by atoms with Gasteiger partial charge < -0.3 is 14.3 Å². The summed E-state index contributed by atoms with van der Waals surface area (Å²) < 4.78 is 11.6. The lowest BCUT2D eigenvalue weighted by atomic mass is 9.77. The molecule has 1 unspecified atom stereocenters. The number of nitrogens with zero attached hydrogens (tertiary/aromatic N) is 1. The average Bonchev–Trinajstić information content (AvgIpc) is 3.15. The second-order valence-electron chi connectivity index (χ2n) is 8.52. The van der Waals surface area contributed by atoms with Crippen molar-refractivity contribution in [2.75, 3.05) is 20.2 Å². The third-order valence-electron chi connectivity index (χ3n) is 6.15. The first-order valence-electron chi connectivity index (χ1n) is 10.7. The van der Waals surface area contributed by atoms with Gasteiger partial charge in [0.1, 0.15) is 12.9 Å². The second kappa shape index (κ2) is 9.36. The van der Waals surface area contributed by atoms with Crippen LogP contribution in [-0.2, 0) is 17.9 Å². The molecule has 0 aliphatic carbocycles.